The number of benzene rings is 2. The molecule has 0 aliphatic carbocycles. The van der Waals surface area contributed by atoms with Crippen LogP contribution in [0.3, 0.4) is 0 Å². The summed E-state index contributed by atoms with van der Waals surface area (Å²) in [4.78, 5) is 11.7. The van der Waals surface area contributed by atoms with E-state index in [0.29, 0.717) is 6.54 Å². The molecule has 21 heavy (non-hydrogen) atoms. The zero-order valence-corrected chi connectivity index (χ0v) is 13.4. The number of aryl methyl sites for hydroxylation is 1. The number of carbonyl (C=O) groups is 1. The van der Waals surface area contributed by atoms with E-state index in [2.05, 4.69) is 26.6 Å². The Morgan fingerprint density at radius 3 is 2.57 bits per heavy atom. The van der Waals surface area contributed by atoms with Gasteiger partial charge >= 0.3 is 6.03 Å². The van der Waals surface area contributed by atoms with E-state index >= 15 is 0 Å². The highest BCUT2D eigenvalue weighted by Crippen LogP contribution is 2.16. The van der Waals surface area contributed by atoms with Crippen LogP contribution in [0, 0.1) is 6.92 Å². The second-order valence-electron chi connectivity index (χ2n) is 4.67. The van der Waals surface area contributed by atoms with E-state index in [0.717, 1.165) is 15.6 Å². The first-order chi connectivity index (χ1) is 10.1. The van der Waals surface area contributed by atoms with E-state index in [1.54, 1.807) is 6.20 Å². The minimum absolute atomic E-state index is 0.223. The fourth-order valence-corrected chi connectivity index (χ4v) is 2.17. The van der Waals surface area contributed by atoms with Crippen LogP contribution in [-0.2, 0) is 6.54 Å². The standard InChI is InChI=1S/C17H17BrN2O/c1-13-6-8-14(9-7-13)12-20-17(21)19-11-10-15-4-2-3-5-16(15)18/h2-11H,12H2,1H3,(H2,19,20,21)/b11-10+. The molecule has 3 nitrogen and oxygen atoms in total. The number of hydrogen-bond acceptors (Lipinski definition) is 1. The molecule has 2 amide bonds. The van der Waals surface area contributed by atoms with Crippen LogP contribution in [0.25, 0.3) is 6.08 Å². The Labute approximate surface area is 133 Å². The molecule has 0 aliphatic heterocycles. The molecule has 2 N–H and O–H groups in total. The third kappa shape index (κ3) is 5.08. The van der Waals surface area contributed by atoms with E-state index in [-0.39, 0.29) is 6.03 Å². The summed E-state index contributed by atoms with van der Waals surface area (Å²) in [7, 11) is 0. The number of amides is 2. The lowest BCUT2D eigenvalue weighted by Crippen LogP contribution is -2.31. The van der Waals surface area contributed by atoms with Crippen molar-refractivity contribution in [1.82, 2.24) is 10.6 Å². The molecule has 2 aromatic carbocycles. The highest BCUT2D eigenvalue weighted by atomic mass is 79.9. The minimum Gasteiger partial charge on any atom is -0.334 e. The average molecular weight is 345 g/mol. The third-order valence-electron chi connectivity index (χ3n) is 2.96. The molecule has 0 bridgehead atoms. The molecule has 0 radical (unpaired) electrons. The normalized spacial score (nSPS) is 10.6. The van der Waals surface area contributed by atoms with Gasteiger partial charge in [-0.2, -0.15) is 0 Å². The molecule has 0 aromatic heterocycles. The van der Waals surface area contributed by atoms with Crippen LogP contribution < -0.4 is 10.6 Å². The largest absolute Gasteiger partial charge is 0.334 e. The van der Waals surface area contributed by atoms with Crippen LogP contribution in [0.5, 0.6) is 0 Å². The smallest absolute Gasteiger partial charge is 0.319 e. The molecular formula is C17H17BrN2O. The number of rotatable bonds is 4. The summed E-state index contributed by atoms with van der Waals surface area (Å²) in [5.74, 6) is 0. The SMILES string of the molecule is Cc1ccc(CNC(=O)N/C=C/c2ccccc2Br)cc1. The van der Waals surface area contributed by atoms with Gasteiger partial charge in [0.05, 0.1) is 0 Å². The quantitative estimate of drug-likeness (QED) is 0.856. The van der Waals surface area contributed by atoms with Crippen LogP contribution in [0.1, 0.15) is 16.7 Å². The van der Waals surface area contributed by atoms with Crippen molar-refractivity contribution >= 4 is 28.0 Å². The maximum atomic E-state index is 11.7. The highest BCUT2D eigenvalue weighted by molar-refractivity contribution is 9.10. The first kappa shape index (κ1) is 15.3. The molecular weight excluding hydrogens is 328 g/mol. The van der Waals surface area contributed by atoms with Crippen molar-refractivity contribution in [3.8, 4) is 0 Å². The highest BCUT2D eigenvalue weighted by Gasteiger charge is 1.98. The summed E-state index contributed by atoms with van der Waals surface area (Å²) >= 11 is 3.45. The van der Waals surface area contributed by atoms with Gasteiger partial charge in [0.25, 0.3) is 0 Å². The Hall–Kier alpha value is -2.07. The monoisotopic (exact) mass is 344 g/mol. The van der Waals surface area contributed by atoms with Crippen LogP contribution >= 0.6 is 15.9 Å². The summed E-state index contributed by atoms with van der Waals surface area (Å²) in [6, 6.07) is 15.7. The minimum atomic E-state index is -0.223. The molecule has 2 rings (SSSR count). The topological polar surface area (TPSA) is 41.1 Å². The van der Waals surface area contributed by atoms with Gasteiger partial charge in [-0.05, 0) is 30.2 Å². The van der Waals surface area contributed by atoms with E-state index in [1.807, 2.05) is 61.5 Å². The van der Waals surface area contributed by atoms with Gasteiger partial charge in [-0.1, -0.05) is 64.0 Å². The Balaban J connectivity index is 1.80. The van der Waals surface area contributed by atoms with Gasteiger partial charge in [0.2, 0.25) is 0 Å². The Kier molecular flexibility index (Phi) is 5.58. The second kappa shape index (κ2) is 7.64. The number of carbonyl (C=O) groups excluding carboxylic acids is 1. The molecule has 108 valence electrons. The lowest BCUT2D eigenvalue weighted by Gasteiger charge is -2.05. The first-order valence-electron chi connectivity index (χ1n) is 6.66. The van der Waals surface area contributed by atoms with E-state index in [9.17, 15) is 4.79 Å². The summed E-state index contributed by atoms with van der Waals surface area (Å²) in [6.45, 7) is 2.55. The van der Waals surface area contributed by atoms with Gasteiger partial charge in [0, 0.05) is 17.2 Å². The van der Waals surface area contributed by atoms with Gasteiger partial charge in [0.15, 0.2) is 0 Å². The Morgan fingerprint density at radius 2 is 1.86 bits per heavy atom. The van der Waals surface area contributed by atoms with Crippen LogP contribution in [0.2, 0.25) is 0 Å². The van der Waals surface area contributed by atoms with E-state index in [1.165, 1.54) is 5.56 Å². The Morgan fingerprint density at radius 1 is 1.14 bits per heavy atom. The molecule has 0 unspecified atom stereocenters. The van der Waals surface area contributed by atoms with Gasteiger partial charge < -0.3 is 10.6 Å². The fraction of sp³-hybridized carbons (Fsp3) is 0.118. The second-order valence-corrected chi connectivity index (χ2v) is 5.52. The fourth-order valence-electron chi connectivity index (χ4n) is 1.76. The Bertz CT molecular complexity index is 635. The van der Waals surface area contributed by atoms with Crippen LogP contribution in [0.15, 0.2) is 59.2 Å². The van der Waals surface area contributed by atoms with Crippen LogP contribution in [0.4, 0.5) is 4.79 Å². The molecule has 2 aromatic rings. The van der Waals surface area contributed by atoms with E-state index < -0.39 is 0 Å². The maximum Gasteiger partial charge on any atom is 0.319 e. The van der Waals surface area contributed by atoms with Crippen molar-refractivity contribution in [2.75, 3.05) is 0 Å². The van der Waals surface area contributed by atoms with Crippen molar-refractivity contribution < 1.29 is 4.79 Å². The van der Waals surface area contributed by atoms with Crippen LogP contribution in [-0.4, -0.2) is 6.03 Å². The van der Waals surface area contributed by atoms with Crippen molar-refractivity contribution in [1.29, 1.82) is 0 Å². The zero-order chi connectivity index (χ0) is 15.1. The summed E-state index contributed by atoms with van der Waals surface area (Å²) in [5, 5.41) is 5.49. The number of nitrogens with one attached hydrogen (secondary N) is 2. The number of urea groups is 1. The molecule has 0 atom stereocenters. The lowest BCUT2D eigenvalue weighted by atomic mass is 10.1. The third-order valence-corrected chi connectivity index (χ3v) is 3.68. The van der Waals surface area contributed by atoms with Crippen molar-refractivity contribution in [3.05, 3.63) is 75.9 Å². The van der Waals surface area contributed by atoms with Gasteiger partial charge in [0.1, 0.15) is 0 Å². The molecule has 0 saturated heterocycles. The van der Waals surface area contributed by atoms with Gasteiger partial charge in [-0.15, -0.1) is 0 Å². The molecule has 0 saturated carbocycles. The van der Waals surface area contributed by atoms with Crippen molar-refractivity contribution in [2.24, 2.45) is 0 Å². The average Bonchev–Trinajstić information content (AvgIpc) is 2.49. The first-order valence-corrected chi connectivity index (χ1v) is 7.45. The summed E-state index contributed by atoms with van der Waals surface area (Å²) < 4.78 is 0.989. The zero-order valence-electron chi connectivity index (χ0n) is 11.8. The van der Waals surface area contributed by atoms with Crippen molar-refractivity contribution in [2.45, 2.75) is 13.5 Å². The predicted molar refractivity (Wildman–Crippen MR) is 89.7 cm³/mol. The molecule has 0 fully saturated rings. The summed E-state index contributed by atoms with van der Waals surface area (Å²) in [6.07, 6.45) is 3.47. The molecule has 0 heterocycles. The van der Waals surface area contributed by atoms with Gasteiger partial charge in [-0.3, -0.25) is 0 Å². The predicted octanol–water partition coefficient (Wildman–Crippen LogP) is 4.23. The maximum absolute atomic E-state index is 11.7. The number of halogens is 1. The van der Waals surface area contributed by atoms with Gasteiger partial charge in [-0.25, -0.2) is 4.79 Å². The molecule has 4 heteroatoms. The molecule has 0 spiro atoms. The summed E-state index contributed by atoms with van der Waals surface area (Å²) in [5.41, 5.74) is 3.29. The van der Waals surface area contributed by atoms with E-state index in [4.69, 9.17) is 0 Å². The lowest BCUT2D eigenvalue weighted by molar-refractivity contribution is 0.244. The number of hydrogen-bond donors (Lipinski definition) is 2. The van der Waals surface area contributed by atoms with Crippen molar-refractivity contribution in [3.63, 3.8) is 0 Å². The molecule has 0 aliphatic rings.